The molecule has 1 unspecified atom stereocenters. The Morgan fingerprint density at radius 2 is 1.97 bits per heavy atom. The number of hydrogen-bond acceptors (Lipinski definition) is 5. The van der Waals surface area contributed by atoms with Crippen molar-refractivity contribution in [2.45, 2.75) is 82.0 Å². The van der Waals surface area contributed by atoms with E-state index < -0.39 is 17.6 Å². The highest BCUT2D eigenvalue weighted by molar-refractivity contribution is 7.99. The number of rotatable bonds is 8. The van der Waals surface area contributed by atoms with E-state index in [-0.39, 0.29) is 22.8 Å². The summed E-state index contributed by atoms with van der Waals surface area (Å²) < 4.78 is 45.6. The van der Waals surface area contributed by atoms with Gasteiger partial charge in [-0.1, -0.05) is 39.8 Å². The zero-order chi connectivity index (χ0) is 22.5. The Kier molecular flexibility index (Phi) is 7.96. The van der Waals surface area contributed by atoms with Gasteiger partial charge in [-0.15, -0.1) is 11.8 Å². The van der Waals surface area contributed by atoms with E-state index in [9.17, 15) is 18.0 Å². The molecule has 0 aliphatic carbocycles. The van der Waals surface area contributed by atoms with Crippen molar-refractivity contribution in [1.29, 1.82) is 0 Å². The number of carbonyl (C=O) groups is 1. The summed E-state index contributed by atoms with van der Waals surface area (Å²) in [6.45, 7) is 9.82. The van der Waals surface area contributed by atoms with E-state index in [0.29, 0.717) is 29.5 Å². The van der Waals surface area contributed by atoms with E-state index in [1.165, 1.54) is 17.8 Å². The van der Waals surface area contributed by atoms with Crippen molar-refractivity contribution >= 4 is 23.4 Å². The van der Waals surface area contributed by atoms with Gasteiger partial charge in [-0.25, -0.2) is 0 Å². The molecule has 0 radical (unpaired) electrons. The van der Waals surface area contributed by atoms with E-state index in [0.717, 1.165) is 12.5 Å². The van der Waals surface area contributed by atoms with Crippen LogP contribution in [0.1, 0.15) is 71.2 Å². The smallest absolute Gasteiger partial charge is 0.339 e. The highest BCUT2D eigenvalue weighted by atomic mass is 32.2. The molecule has 5 nitrogen and oxygen atoms in total. The third kappa shape index (κ3) is 7.04. The molecule has 0 saturated heterocycles. The number of amides is 1. The van der Waals surface area contributed by atoms with E-state index in [4.69, 9.17) is 4.52 Å². The maximum absolute atomic E-state index is 13.5. The number of nitrogens with zero attached hydrogens (tertiary/aromatic N) is 2. The lowest BCUT2D eigenvalue weighted by molar-refractivity contribution is -0.137. The van der Waals surface area contributed by atoms with Crippen LogP contribution in [0.3, 0.4) is 0 Å². The average Bonchev–Trinajstić information content (AvgIpc) is 3.11. The van der Waals surface area contributed by atoms with Crippen LogP contribution in [-0.4, -0.2) is 21.3 Å². The van der Waals surface area contributed by atoms with Gasteiger partial charge in [0.05, 0.1) is 11.3 Å². The van der Waals surface area contributed by atoms with Crippen molar-refractivity contribution in [3.05, 3.63) is 35.5 Å². The number of hydrogen-bond donors (Lipinski definition) is 1. The quantitative estimate of drug-likeness (QED) is 0.489. The maximum Gasteiger partial charge on any atom is 0.418 e. The predicted octanol–water partition coefficient (Wildman–Crippen LogP) is 6.24. The molecule has 1 heterocycles. The monoisotopic (exact) mass is 443 g/mol. The molecular weight excluding hydrogens is 415 g/mol. The molecule has 0 fully saturated rings. The predicted molar refractivity (Wildman–Crippen MR) is 112 cm³/mol. The first-order chi connectivity index (χ1) is 13.9. The van der Waals surface area contributed by atoms with Crippen molar-refractivity contribution in [3.8, 4) is 0 Å². The Bertz CT molecular complexity index is 860. The fraction of sp³-hybridized carbons (Fsp3) is 0.571. The van der Waals surface area contributed by atoms with Crippen LogP contribution >= 0.6 is 11.8 Å². The summed E-state index contributed by atoms with van der Waals surface area (Å²) in [5.41, 5.74) is -1.31. The summed E-state index contributed by atoms with van der Waals surface area (Å²) in [7, 11) is 0. The fourth-order valence-corrected chi connectivity index (χ4v) is 3.49. The molecule has 0 saturated carbocycles. The van der Waals surface area contributed by atoms with Gasteiger partial charge in [0.25, 0.3) is 0 Å². The van der Waals surface area contributed by atoms with Crippen LogP contribution < -0.4 is 5.32 Å². The summed E-state index contributed by atoms with van der Waals surface area (Å²) in [6.07, 6.45) is -2.88. The Hall–Kier alpha value is -2.03. The van der Waals surface area contributed by atoms with Crippen LogP contribution in [0.15, 0.2) is 27.6 Å². The Balaban J connectivity index is 1.99. The Morgan fingerprint density at radius 3 is 2.53 bits per heavy atom. The van der Waals surface area contributed by atoms with Crippen molar-refractivity contribution in [3.63, 3.8) is 0 Å². The molecular formula is C21H28F3N3O2S. The van der Waals surface area contributed by atoms with Crippen LogP contribution in [-0.2, 0) is 22.8 Å². The van der Waals surface area contributed by atoms with Crippen LogP contribution in [0, 0.1) is 0 Å². The number of nitrogens with one attached hydrogen (secondary N) is 1. The fourth-order valence-electron chi connectivity index (χ4n) is 2.53. The van der Waals surface area contributed by atoms with E-state index in [1.807, 2.05) is 34.6 Å². The normalized spacial score (nSPS) is 13.3. The number of thioether (sulfide) groups is 1. The third-order valence-electron chi connectivity index (χ3n) is 4.42. The standard InChI is InChI=1S/C21H28F3N3O2S/c1-6-13(2)30-14-10-11-16(15(12-14)21(22,23)24)25-17(28)8-7-9-18-26-19(27-29-18)20(3,4)5/h10-13H,6-9H2,1-5H3,(H,25,28). The number of aryl methyl sites for hydroxylation is 1. The lowest BCUT2D eigenvalue weighted by atomic mass is 9.96. The van der Waals surface area contributed by atoms with Crippen molar-refractivity contribution in [1.82, 2.24) is 10.1 Å². The first-order valence-corrected chi connectivity index (χ1v) is 10.8. The maximum atomic E-state index is 13.5. The van der Waals surface area contributed by atoms with Gasteiger partial charge in [-0.05, 0) is 31.0 Å². The van der Waals surface area contributed by atoms with Gasteiger partial charge in [-0.3, -0.25) is 4.79 Å². The molecule has 2 rings (SSSR count). The minimum absolute atomic E-state index is 0.0495. The number of anilines is 1. The molecule has 1 atom stereocenters. The SMILES string of the molecule is CCC(C)Sc1ccc(NC(=O)CCCc2nc(C(C)(C)C)no2)c(C(F)(F)F)c1. The molecule has 1 amide bonds. The number of alkyl halides is 3. The van der Waals surface area contributed by atoms with Gasteiger partial charge in [0.2, 0.25) is 11.8 Å². The summed E-state index contributed by atoms with van der Waals surface area (Å²) in [4.78, 5) is 17.0. The largest absolute Gasteiger partial charge is 0.418 e. The van der Waals surface area contributed by atoms with Crippen LogP contribution in [0.25, 0.3) is 0 Å². The lowest BCUT2D eigenvalue weighted by Crippen LogP contribution is -2.16. The molecule has 1 aromatic carbocycles. The summed E-state index contributed by atoms with van der Waals surface area (Å²) in [6, 6.07) is 4.02. The Labute approximate surface area is 179 Å². The van der Waals surface area contributed by atoms with Gasteiger partial charge in [0.1, 0.15) is 0 Å². The zero-order valence-corrected chi connectivity index (χ0v) is 18.7. The Morgan fingerprint density at radius 1 is 1.27 bits per heavy atom. The summed E-state index contributed by atoms with van der Waals surface area (Å²) >= 11 is 1.38. The van der Waals surface area contributed by atoms with Crippen molar-refractivity contribution in [2.75, 3.05) is 5.32 Å². The molecule has 9 heteroatoms. The highest BCUT2D eigenvalue weighted by Crippen LogP contribution is 2.38. The highest BCUT2D eigenvalue weighted by Gasteiger charge is 2.34. The van der Waals surface area contributed by atoms with Gasteiger partial charge >= 0.3 is 6.18 Å². The first-order valence-electron chi connectivity index (χ1n) is 9.91. The molecule has 1 aromatic heterocycles. The van der Waals surface area contributed by atoms with Gasteiger partial charge in [-0.2, -0.15) is 18.2 Å². The van der Waals surface area contributed by atoms with Crippen molar-refractivity contribution < 1.29 is 22.5 Å². The van der Waals surface area contributed by atoms with Gasteiger partial charge < -0.3 is 9.84 Å². The van der Waals surface area contributed by atoms with Crippen LogP contribution in [0.4, 0.5) is 18.9 Å². The first kappa shape index (κ1) is 24.2. The minimum Gasteiger partial charge on any atom is -0.339 e. The molecule has 1 N–H and O–H groups in total. The van der Waals surface area contributed by atoms with Gasteiger partial charge in [0.15, 0.2) is 5.82 Å². The van der Waals surface area contributed by atoms with E-state index in [2.05, 4.69) is 15.5 Å². The second-order valence-electron chi connectivity index (χ2n) is 8.21. The number of carbonyl (C=O) groups excluding carboxylic acids is 1. The molecule has 0 spiro atoms. The molecule has 0 aliphatic heterocycles. The second kappa shape index (κ2) is 9.85. The van der Waals surface area contributed by atoms with E-state index in [1.54, 1.807) is 6.07 Å². The topological polar surface area (TPSA) is 68.0 Å². The summed E-state index contributed by atoms with van der Waals surface area (Å²) in [5, 5.41) is 6.51. The molecule has 166 valence electrons. The third-order valence-corrected chi connectivity index (χ3v) is 5.68. The number of halogens is 3. The minimum atomic E-state index is -4.55. The lowest BCUT2D eigenvalue weighted by Gasteiger charge is -2.16. The van der Waals surface area contributed by atoms with Gasteiger partial charge in [0, 0.05) is 28.4 Å². The van der Waals surface area contributed by atoms with Crippen LogP contribution in [0.5, 0.6) is 0 Å². The van der Waals surface area contributed by atoms with Crippen LogP contribution in [0.2, 0.25) is 0 Å². The second-order valence-corrected chi connectivity index (χ2v) is 9.72. The average molecular weight is 444 g/mol. The summed E-state index contributed by atoms with van der Waals surface area (Å²) in [5.74, 6) is 0.501. The van der Waals surface area contributed by atoms with E-state index >= 15 is 0 Å². The zero-order valence-electron chi connectivity index (χ0n) is 17.9. The number of aromatic nitrogens is 2. The molecule has 0 bridgehead atoms. The number of benzene rings is 1. The molecule has 0 aliphatic rings. The molecule has 2 aromatic rings. The molecule has 30 heavy (non-hydrogen) atoms. The van der Waals surface area contributed by atoms with Crippen molar-refractivity contribution in [2.24, 2.45) is 0 Å².